The summed E-state index contributed by atoms with van der Waals surface area (Å²) < 4.78 is 46.4. The van der Waals surface area contributed by atoms with Crippen molar-refractivity contribution in [2.24, 2.45) is 5.41 Å². The largest absolute Gasteiger partial charge is 0.444 e. The Morgan fingerprint density at radius 3 is 2.57 bits per heavy atom. The van der Waals surface area contributed by atoms with Crippen LogP contribution in [0.1, 0.15) is 52.0 Å². The van der Waals surface area contributed by atoms with Crippen LogP contribution in [0.25, 0.3) is 16.2 Å². The summed E-state index contributed by atoms with van der Waals surface area (Å²) >= 11 is 1.38. The topological polar surface area (TPSA) is 71.8 Å². The molecule has 0 atom stereocenters. The molecule has 11 heteroatoms. The first kappa shape index (κ1) is 23.9. The maximum absolute atomic E-state index is 13.1. The minimum atomic E-state index is -4.40. The summed E-state index contributed by atoms with van der Waals surface area (Å²) in [6, 6.07) is 5.47. The Kier molecular flexibility index (Phi) is 5.73. The fraction of sp³-hybridized carbons (Fsp3) is 0.542. The molecule has 0 unspecified atom stereocenters. The molecule has 2 fully saturated rings. The van der Waals surface area contributed by atoms with E-state index in [-0.39, 0.29) is 17.6 Å². The molecular weight excluding hydrogens is 479 g/mol. The lowest BCUT2D eigenvalue weighted by atomic mass is 9.60. The summed E-state index contributed by atoms with van der Waals surface area (Å²) in [5, 5.41) is 8.74. The second-order valence-electron chi connectivity index (χ2n) is 10.5. The number of aromatic nitrogens is 3. The third kappa shape index (κ3) is 4.96. The molecular formula is C24H28F3N5O2S. The Hall–Kier alpha value is -2.82. The van der Waals surface area contributed by atoms with E-state index in [0.29, 0.717) is 34.4 Å². The van der Waals surface area contributed by atoms with Gasteiger partial charge in [-0.15, -0.1) is 5.10 Å². The quantitative estimate of drug-likeness (QED) is 0.466. The number of ether oxygens (including phenoxy) is 1. The highest BCUT2D eigenvalue weighted by Gasteiger charge is 2.47. The molecule has 7 nitrogen and oxygen atoms in total. The molecule has 0 radical (unpaired) electrons. The number of alkyl halides is 3. The first-order valence-electron chi connectivity index (χ1n) is 11.7. The highest BCUT2D eigenvalue weighted by atomic mass is 32.1. The summed E-state index contributed by atoms with van der Waals surface area (Å²) in [5.74, 6) is 0. The number of anilines is 1. The number of imidazole rings is 1. The molecule has 2 aliphatic rings. The number of amides is 1. The molecule has 1 N–H and O–H groups in total. The zero-order valence-electron chi connectivity index (χ0n) is 19.9. The predicted molar refractivity (Wildman–Crippen MR) is 127 cm³/mol. The molecule has 188 valence electrons. The lowest BCUT2D eigenvalue weighted by Crippen LogP contribution is -2.53. The van der Waals surface area contributed by atoms with Crippen LogP contribution in [0.4, 0.5) is 23.1 Å². The van der Waals surface area contributed by atoms with Crippen LogP contribution >= 0.6 is 11.3 Å². The van der Waals surface area contributed by atoms with E-state index in [1.807, 2.05) is 20.8 Å². The van der Waals surface area contributed by atoms with Crippen molar-refractivity contribution >= 4 is 27.5 Å². The lowest BCUT2D eigenvalue weighted by Gasteiger charge is -2.52. The van der Waals surface area contributed by atoms with Crippen LogP contribution in [-0.4, -0.2) is 50.3 Å². The van der Waals surface area contributed by atoms with Crippen LogP contribution in [-0.2, 0) is 10.9 Å². The van der Waals surface area contributed by atoms with Gasteiger partial charge in [-0.2, -0.15) is 13.2 Å². The van der Waals surface area contributed by atoms with Crippen LogP contribution < -0.4 is 5.32 Å². The van der Waals surface area contributed by atoms with Crippen molar-refractivity contribution in [3.8, 4) is 11.3 Å². The molecule has 1 spiro atoms. The number of likely N-dealkylation sites (tertiary alicyclic amines) is 1. The van der Waals surface area contributed by atoms with Crippen molar-refractivity contribution in [3.05, 3.63) is 36.0 Å². The van der Waals surface area contributed by atoms with Gasteiger partial charge < -0.3 is 15.0 Å². The third-order valence-corrected chi connectivity index (χ3v) is 7.59. The molecule has 1 amide bonds. The van der Waals surface area contributed by atoms with Gasteiger partial charge in [0.1, 0.15) is 5.60 Å². The zero-order chi connectivity index (χ0) is 25.0. The van der Waals surface area contributed by atoms with Gasteiger partial charge in [-0.05, 0) is 64.0 Å². The molecule has 1 aromatic carbocycles. The normalized spacial score (nSPS) is 18.6. The van der Waals surface area contributed by atoms with Gasteiger partial charge >= 0.3 is 12.3 Å². The first-order valence-corrected chi connectivity index (χ1v) is 12.5. The standard InChI is InChI=1S/C24H28F3N5O2S/c1-22(2,3)34-21(33)31-9-7-23(8-10-31)12-17(13-23)29-19-30-32-18(14-28-20(32)35-19)15-5-4-6-16(11-15)24(25,26)27/h4-6,11,14,17H,7-10,12-13H2,1-3H3,(H,29,30). The molecule has 5 rings (SSSR count). The Balaban J connectivity index is 1.20. The molecule has 35 heavy (non-hydrogen) atoms. The number of hydrogen-bond acceptors (Lipinski definition) is 6. The molecule has 1 aliphatic carbocycles. The number of carbonyl (C=O) groups is 1. The average Bonchev–Trinajstić information content (AvgIpc) is 3.31. The fourth-order valence-electron chi connectivity index (χ4n) is 4.96. The number of halogens is 3. The Morgan fingerprint density at radius 2 is 1.91 bits per heavy atom. The second-order valence-corrected chi connectivity index (χ2v) is 11.5. The summed E-state index contributed by atoms with van der Waals surface area (Å²) in [6.07, 6.45) is 0.794. The van der Waals surface area contributed by atoms with Gasteiger partial charge in [0.15, 0.2) is 0 Å². The summed E-state index contributed by atoms with van der Waals surface area (Å²) in [7, 11) is 0. The van der Waals surface area contributed by atoms with Crippen LogP contribution in [0.3, 0.4) is 0 Å². The van der Waals surface area contributed by atoms with E-state index in [1.54, 1.807) is 21.7 Å². The maximum Gasteiger partial charge on any atom is 0.416 e. The maximum atomic E-state index is 13.1. The number of piperidine rings is 1. The highest BCUT2D eigenvalue weighted by molar-refractivity contribution is 7.20. The number of nitrogens with one attached hydrogen (secondary N) is 1. The second kappa shape index (κ2) is 8.39. The van der Waals surface area contributed by atoms with Crippen LogP contribution in [0.15, 0.2) is 30.5 Å². The van der Waals surface area contributed by atoms with Crippen molar-refractivity contribution in [1.82, 2.24) is 19.5 Å². The smallest absolute Gasteiger partial charge is 0.416 e. The number of carbonyl (C=O) groups excluding carboxylic acids is 1. The summed E-state index contributed by atoms with van der Waals surface area (Å²) in [4.78, 5) is 19.1. The number of rotatable bonds is 3. The Labute approximate surface area is 205 Å². The predicted octanol–water partition coefficient (Wildman–Crippen LogP) is 6.07. The number of benzene rings is 1. The molecule has 1 saturated heterocycles. The van der Waals surface area contributed by atoms with Gasteiger partial charge in [0.2, 0.25) is 10.1 Å². The minimum Gasteiger partial charge on any atom is -0.444 e. The molecule has 3 aromatic rings. The Morgan fingerprint density at radius 1 is 1.20 bits per heavy atom. The van der Waals surface area contributed by atoms with Crippen molar-refractivity contribution < 1.29 is 22.7 Å². The number of fused-ring (bicyclic) bond motifs is 1. The van der Waals surface area contributed by atoms with Gasteiger partial charge in [0.05, 0.1) is 17.5 Å². The van der Waals surface area contributed by atoms with E-state index in [9.17, 15) is 18.0 Å². The number of nitrogens with zero attached hydrogens (tertiary/aromatic N) is 4. The zero-order valence-corrected chi connectivity index (χ0v) is 20.7. The number of hydrogen-bond donors (Lipinski definition) is 1. The Bertz CT molecular complexity index is 1230. The van der Waals surface area contributed by atoms with Crippen molar-refractivity contribution in [1.29, 1.82) is 0 Å². The van der Waals surface area contributed by atoms with E-state index in [2.05, 4.69) is 15.4 Å². The van der Waals surface area contributed by atoms with E-state index in [0.717, 1.165) is 37.8 Å². The first-order chi connectivity index (χ1) is 16.4. The monoisotopic (exact) mass is 507 g/mol. The molecule has 2 aromatic heterocycles. The molecule has 3 heterocycles. The molecule has 1 saturated carbocycles. The van der Waals surface area contributed by atoms with E-state index < -0.39 is 17.3 Å². The van der Waals surface area contributed by atoms with Crippen LogP contribution in [0.5, 0.6) is 0 Å². The van der Waals surface area contributed by atoms with Gasteiger partial charge in [0, 0.05) is 24.7 Å². The summed E-state index contributed by atoms with van der Waals surface area (Å²) in [5.41, 5.74) is -0.0160. The lowest BCUT2D eigenvalue weighted by molar-refractivity contribution is -0.137. The van der Waals surface area contributed by atoms with Crippen LogP contribution in [0.2, 0.25) is 0 Å². The van der Waals surface area contributed by atoms with Crippen molar-refractivity contribution in [2.45, 2.75) is 64.3 Å². The average molecular weight is 508 g/mol. The van der Waals surface area contributed by atoms with Crippen molar-refractivity contribution in [3.63, 3.8) is 0 Å². The minimum absolute atomic E-state index is 0.233. The van der Waals surface area contributed by atoms with E-state index in [1.165, 1.54) is 17.4 Å². The third-order valence-electron chi connectivity index (χ3n) is 6.73. The summed E-state index contributed by atoms with van der Waals surface area (Å²) in [6.45, 7) is 7.02. The van der Waals surface area contributed by atoms with E-state index in [4.69, 9.17) is 4.74 Å². The van der Waals surface area contributed by atoms with Gasteiger partial charge in [-0.3, -0.25) is 0 Å². The van der Waals surface area contributed by atoms with Gasteiger partial charge in [-0.25, -0.2) is 14.3 Å². The molecule has 1 aliphatic heterocycles. The van der Waals surface area contributed by atoms with Gasteiger partial charge in [0.25, 0.3) is 0 Å². The fourth-order valence-corrected chi connectivity index (χ4v) is 5.82. The SMILES string of the molecule is CC(C)(C)OC(=O)N1CCC2(CC1)CC(Nc1nn3c(-c4cccc(C(F)(F)F)c4)cnc3s1)C2. The van der Waals surface area contributed by atoms with Crippen LogP contribution in [0, 0.1) is 5.41 Å². The van der Waals surface area contributed by atoms with Gasteiger partial charge in [-0.1, -0.05) is 23.5 Å². The molecule has 0 bridgehead atoms. The highest BCUT2D eigenvalue weighted by Crippen LogP contribution is 2.50. The van der Waals surface area contributed by atoms with Crippen molar-refractivity contribution in [2.75, 3.05) is 18.4 Å². The van der Waals surface area contributed by atoms with E-state index >= 15 is 0 Å².